The molecule has 0 saturated heterocycles. The predicted octanol–water partition coefficient (Wildman–Crippen LogP) is 9.41. The minimum atomic E-state index is -11.9. The quantitative estimate of drug-likeness (QED) is 0.214. The van der Waals surface area contributed by atoms with Crippen LogP contribution in [0.15, 0.2) is 0 Å². The van der Waals surface area contributed by atoms with Crippen LogP contribution < -0.4 is 0 Å². The maximum Gasteiger partial charge on any atom is 0.364 e. The van der Waals surface area contributed by atoms with Gasteiger partial charge in [0.25, 0.3) is 13.1 Å². The average Bonchev–Trinajstić information content (AvgIpc) is 2.30. The van der Waals surface area contributed by atoms with E-state index in [0.717, 1.165) is 0 Å². The van der Waals surface area contributed by atoms with Gasteiger partial charge in [-0.1, -0.05) is 0 Å². The number of alkyl halides is 24. The Labute approximate surface area is 188 Å². The first-order chi connectivity index (χ1) is 15.5. The molecule has 37 heavy (non-hydrogen) atoms. The van der Waals surface area contributed by atoms with E-state index in [1.165, 1.54) is 0 Å². The average molecular weight is 631 g/mol. The zero-order chi connectivity index (χ0) is 30.8. The van der Waals surface area contributed by atoms with Gasteiger partial charge in [-0.05, 0) is 0 Å². The lowest BCUT2D eigenvalue weighted by molar-refractivity contribution is -0.278. The first kappa shape index (κ1) is 35.9. The van der Waals surface area contributed by atoms with Gasteiger partial charge in [0, 0.05) is 19.1 Å². The molecule has 0 amide bonds. The third kappa shape index (κ3) is 7.49. The molecule has 0 saturated carbocycles. The van der Waals surface area contributed by atoms with Crippen molar-refractivity contribution in [1.29, 1.82) is 0 Å². The maximum atomic E-state index is 13.2. The van der Waals surface area contributed by atoms with Crippen molar-refractivity contribution in [2.45, 2.75) is 68.5 Å². The van der Waals surface area contributed by atoms with Crippen LogP contribution in [0, 0.1) is 0 Å². The summed E-state index contributed by atoms with van der Waals surface area (Å²) in [6.07, 6.45) is -67.3. The van der Waals surface area contributed by atoms with E-state index >= 15 is 0 Å². The van der Waals surface area contributed by atoms with Crippen LogP contribution >= 0.6 is 0 Å². The summed E-state index contributed by atoms with van der Waals surface area (Å²) >= 11 is -11.9. The molecule has 0 aromatic rings. The first-order valence-corrected chi connectivity index (χ1v) is 10.8. The predicted molar refractivity (Wildman–Crippen MR) is 69.2 cm³/mol. The summed E-state index contributed by atoms with van der Waals surface area (Å²) in [6, 6.07) is 0. The van der Waals surface area contributed by atoms with Crippen LogP contribution in [-0.2, 0) is 0 Å². The van der Waals surface area contributed by atoms with Crippen molar-refractivity contribution in [3.05, 3.63) is 0 Å². The SMILES string of the molecule is FC(F)(F)[CH](C(F)(F)F)[Al-]([CH](C(F)(F)F)C(F)(F)F)([CH](C(F)(F)F)C(F)(F)F)[CH](C(F)(F)F)C(F)(F)F. The number of hydrogen-bond donors (Lipinski definition) is 0. The molecular weight excluding hydrogens is 627 g/mol. The van der Waals surface area contributed by atoms with Crippen molar-refractivity contribution in [2.24, 2.45) is 0 Å². The van der Waals surface area contributed by atoms with E-state index in [9.17, 15) is 105 Å². The second-order valence-electron chi connectivity index (χ2n) is 7.40. The summed E-state index contributed by atoms with van der Waals surface area (Å²) in [7, 11) is 0. The van der Waals surface area contributed by atoms with Gasteiger partial charge in [0.1, 0.15) is 0 Å². The molecule has 0 aliphatic rings. The molecule has 0 spiro atoms. The molecular formula is C12H4AlF24-. The van der Waals surface area contributed by atoms with Crippen LogP contribution in [-0.4, -0.2) is 62.5 Å². The van der Waals surface area contributed by atoms with E-state index in [1.54, 1.807) is 0 Å². The van der Waals surface area contributed by atoms with Gasteiger partial charge in [-0.15, -0.1) is 0 Å². The molecule has 0 aliphatic heterocycles. The Hall–Kier alpha value is -1.15. The van der Waals surface area contributed by atoms with Gasteiger partial charge < -0.3 is 0 Å². The van der Waals surface area contributed by atoms with Gasteiger partial charge in [-0.2, -0.15) is 105 Å². The maximum absolute atomic E-state index is 13.2. The number of halogens is 24. The molecule has 0 aromatic carbocycles. The topological polar surface area (TPSA) is 0 Å². The lowest BCUT2D eigenvalue weighted by Gasteiger charge is -2.58. The molecule has 0 rings (SSSR count). The van der Waals surface area contributed by atoms with E-state index in [0.29, 0.717) is 0 Å². The smallest absolute Gasteiger partial charge is 0.175 e. The van der Waals surface area contributed by atoms with Crippen LogP contribution in [0.4, 0.5) is 105 Å². The lowest BCUT2D eigenvalue weighted by Crippen LogP contribution is -2.74. The Morgan fingerprint density at radius 1 is 0.216 bits per heavy atom. The second kappa shape index (κ2) is 9.50. The normalized spacial score (nSPS) is 16.5. The lowest BCUT2D eigenvalue weighted by atomic mass is 10.3. The minimum Gasteiger partial charge on any atom is -0.175 e. The fraction of sp³-hybridized carbons (Fsp3) is 1.00. The molecule has 0 aliphatic carbocycles. The third-order valence-corrected chi connectivity index (χ3v) is 12.8. The Balaban J connectivity index is 9.26. The van der Waals surface area contributed by atoms with Gasteiger partial charge in [0.2, 0.25) is 0 Å². The third-order valence-electron chi connectivity index (χ3n) is 5.13. The monoisotopic (exact) mass is 631 g/mol. The Kier molecular flexibility index (Phi) is 9.20. The highest BCUT2D eigenvalue weighted by molar-refractivity contribution is 6.86. The molecule has 25 heteroatoms. The van der Waals surface area contributed by atoms with Crippen LogP contribution in [0.25, 0.3) is 0 Å². The van der Waals surface area contributed by atoms with Crippen molar-refractivity contribution < 1.29 is 105 Å². The summed E-state index contributed by atoms with van der Waals surface area (Å²) < 4.78 is 287. The van der Waals surface area contributed by atoms with E-state index in [-0.39, 0.29) is 0 Å². The summed E-state index contributed by atoms with van der Waals surface area (Å²) in [4.78, 5) is 0. The fourth-order valence-electron chi connectivity index (χ4n) is 4.52. The summed E-state index contributed by atoms with van der Waals surface area (Å²) in [5, 5.41) is 0. The molecule has 0 aromatic heterocycles. The molecule has 0 nitrogen and oxygen atoms in total. The van der Waals surface area contributed by atoms with Gasteiger partial charge in [0.15, 0.2) is 0 Å². The zero-order valence-corrected chi connectivity index (χ0v) is 17.1. The fourth-order valence-corrected chi connectivity index (χ4v) is 12.1. The van der Waals surface area contributed by atoms with E-state index < -0.39 is 81.6 Å². The molecule has 0 heterocycles. The molecule has 0 atom stereocenters. The first-order valence-electron chi connectivity index (χ1n) is 8.18. The van der Waals surface area contributed by atoms with Gasteiger partial charge in [0.05, 0.1) is 0 Å². The number of hydrogen-bond acceptors (Lipinski definition) is 0. The van der Waals surface area contributed by atoms with Gasteiger partial charge in [-0.3, -0.25) is 0 Å². The second-order valence-corrected chi connectivity index (χ2v) is 12.4. The van der Waals surface area contributed by atoms with Crippen LogP contribution in [0.1, 0.15) is 0 Å². The zero-order valence-electron chi connectivity index (χ0n) is 16.0. The van der Waals surface area contributed by atoms with Crippen molar-refractivity contribution in [3.8, 4) is 0 Å². The highest BCUT2D eigenvalue weighted by Crippen LogP contribution is 2.75. The molecule has 0 unspecified atom stereocenters. The van der Waals surface area contributed by atoms with Crippen LogP contribution in [0.5, 0.6) is 0 Å². The minimum absolute atomic E-state index is 7.65. The van der Waals surface area contributed by atoms with Gasteiger partial charge in [-0.25, -0.2) is 0 Å². The highest BCUT2D eigenvalue weighted by Gasteiger charge is 2.88. The van der Waals surface area contributed by atoms with Crippen molar-refractivity contribution >= 4 is 13.1 Å². The molecule has 0 N–H and O–H groups in total. The molecule has 0 bridgehead atoms. The van der Waals surface area contributed by atoms with Gasteiger partial charge >= 0.3 is 49.4 Å². The summed E-state index contributed by atoms with van der Waals surface area (Å²) in [6.45, 7) is 0. The summed E-state index contributed by atoms with van der Waals surface area (Å²) in [5.41, 5.74) is 0. The van der Waals surface area contributed by atoms with E-state index in [1.807, 2.05) is 0 Å². The van der Waals surface area contributed by atoms with E-state index in [2.05, 4.69) is 0 Å². The molecule has 0 fully saturated rings. The molecule has 224 valence electrons. The Morgan fingerprint density at radius 3 is 0.351 bits per heavy atom. The Bertz CT molecular complexity index is 570. The molecule has 0 radical (unpaired) electrons. The summed E-state index contributed by atoms with van der Waals surface area (Å²) in [5.74, 6) is 0. The van der Waals surface area contributed by atoms with Crippen molar-refractivity contribution in [2.75, 3.05) is 0 Å². The highest BCUT2D eigenvalue weighted by atomic mass is 27.2. The van der Waals surface area contributed by atoms with Crippen molar-refractivity contribution in [1.82, 2.24) is 0 Å². The Morgan fingerprint density at radius 2 is 0.297 bits per heavy atom. The van der Waals surface area contributed by atoms with Crippen LogP contribution in [0.2, 0.25) is 19.1 Å². The van der Waals surface area contributed by atoms with Crippen LogP contribution in [0.3, 0.4) is 0 Å². The standard InChI is InChI=1S/4C3HF6.Al/c4*4-2(5,6)1-3(7,8)9;/h4*1H;/q;;;;-1. The largest absolute Gasteiger partial charge is 0.364 e. The van der Waals surface area contributed by atoms with E-state index in [4.69, 9.17) is 0 Å². The van der Waals surface area contributed by atoms with Crippen molar-refractivity contribution in [3.63, 3.8) is 0 Å². The number of rotatable bonds is 4.